The summed E-state index contributed by atoms with van der Waals surface area (Å²) in [6.07, 6.45) is 4.96. The molecule has 2 rings (SSSR count). The van der Waals surface area contributed by atoms with E-state index in [2.05, 4.69) is 12.2 Å². The molecule has 0 saturated carbocycles. The number of para-hydroxylation sites is 2. The van der Waals surface area contributed by atoms with Gasteiger partial charge in [-0.15, -0.1) is 0 Å². The summed E-state index contributed by atoms with van der Waals surface area (Å²) in [5.74, 6) is 2.54. The predicted molar refractivity (Wildman–Crippen MR) is 77.9 cm³/mol. The van der Waals surface area contributed by atoms with Gasteiger partial charge in [0.1, 0.15) is 0 Å². The molecule has 0 bridgehead atoms. The van der Waals surface area contributed by atoms with Crippen molar-refractivity contribution in [3.8, 4) is 11.5 Å². The molecule has 0 spiro atoms. The molecule has 3 heteroatoms. The van der Waals surface area contributed by atoms with Crippen molar-refractivity contribution in [2.75, 3.05) is 20.3 Å². The third-order valence-electron chi connectivity index (χ3n) is 3.97. The summed E-state index contributed by atoms with van der Waals surface area (Å²) in [5.41, 5.74) is 0. The van der Waals surface area contributed by atoms with E-state index in [1.807, 2.05) is 24.3 Å². The summed E-state index contributed by atoms with van der Waals surface area (Å²) < 4.78 is 11.1. The van der Waals surface area contributed by atoms with Crippen LogP contribution in [0.2, 0.25) is 0 Å². The van der Waals surface area contributed by atoms with Crippen LogP contribution in [0.3, 0.4) is 0 Å². The number of hydrogen-bond donors (Lipinski definition) is 1. The molecule has 19 heavy (non-hydrogen) atoms. The third kappa shape index (κ3) is 4.13. The Morgan fingerprint density at radius 1 is 1.26 bits per heavy atom. The summed E-state index contributed by atoms with van der Waals surface area (Å²) in [6.45, 7) is 4.19. The zero-order chi connectivity index (χ0) is 13.5. The topological polar surface area (TPSA) is 30.5 Å². The summed E-state index contributed by atoms with van der Waals surface area (Å²) >= 11 is 0. The maximum Gasteiger partial charge on any atom is 0.161 e. The summed E-state index contributed by atoms with van der Waals surface area (Å²) in [5, 5.41) is 3.59. The Morgan fingerprint density at radius 3 is 2.79 bits per heavy atom. The average molecular weight is 263 g/mol. The van der Waals surface area contributed by atoms with E-state index in [0.29, 0.717) is 6.04 Å². The molecule has 1 heterocycles. The zero-order valence-electron chi connectivity index (χ0n) is 12.0. The Hall–Kier alpha value is -1.22. The van der Waals surface area contributed by atoms with Crippen LogP contribution in [-0.2, 0) is 0 Å². The molecule has 1 N–H and O–H groups in total. The molecule has 0 radical (unpaired) electrons. The fourth-order valence-corrected chi connectivity index (χ4v) is 2.74. The maximum atomic E-state index is 5.83. The average Bonchev–Trinajstić information content (AvgIpc) is 2.48. The van der Waals surface area contributed by atoms with Crippen molar-refractivity contribution < 1.29 is 9.47 Å². The molecule has 0 aliphatic carbocycles. The molecule has 0 amide bonds. The van der Waals surface area contributed by atoms with E-state index in [1.165, 1.54) is 19.3 Å². The van der Waals surface area contributed by atoms with Crippen molar-refractivity contribution in [1.82, 2.24) is 5.32 Å². The molecule has 3 nitrogen and oxygen atoms in total. The van der Waals surface area contributed by atoms with Crippen molar-refractivity contribution in [1.29, 1.82) is 0 Å². The van der Waals surface area contributed by atoms with Crippen LogP contribution in [0.5, 0.6) is 11.5 Å². The molecule has 1 aliphatic heterocycles. The quantitative estimate of drug-likeness (QED) is 0.854. The Kier molecular flexibility index (Phi) is 5.52. The zero-order valence-corrected chi connectivity index (χ0v) is 12.0. The lowest BCUT2D eigenvalue weighted by molar-refractivity contribution is 0.230. The van der Waals surface area contributed by atoms with Crippen LogP contribution in [-0.4, -0.2) is 26.3 Å². The number of benzene rings is 1. The molecule has 2 atom stereocenters. The molecular formula is C16H25NO2. The smallest absolute Gasteiger partial charge is 0.161 e. The van der Waals surface area contributed by atoms with Crippen LogP contribution in [0.25, 0.3) is 0 Å². The van der Waals surface area contributed by atoms with E-state index < -0.39 is 0 Å². The molecule has 1 aliphatic rings. The van der Waals surface area contributed by atoms with Crippen LogP contribution in [0, 0.1) is 5.92 Å². The van der Waals surface area contributed by atoms with E-state index >= 15 is 0 Å². The second-order valence-corrected chi connectivity index (χ2v) is 5.24. The van der Waals surface area contributed by atoms with Crippen molar-refractivity contribution in [3.05, 3.63) is 24.3 Å². The van der Waals surface area contributed by atoms with Gasteiger partial charge >= 0.3 is 0 Å². The van der Waals surface area contributed by atoms with Gasteiger partial charge in [-0.1, -0.05) is 25.5 Å². The second-order valence-electron chi connectivity index (χ2n) is 5.24. The van der Waals surface area contributed by atoms with Crippen molar-refractivity contribution >= 4 is 0 Å². The highest BCUT2D eigenvalue weighted by atomic mass is 16.5. The number of ether oxygens (including phenoxy) is 2. The Balaban J connectivity index is 1.77. The molecule has 1 fully saturated rings. The fraction of sp³-hybridized carbons (Fsp3) is 0.625. The minimum Gasteiger partial charge on any atom is -0.493 e. The molecule has 1 saturated heterocycles. The monoisotopic (exact) mass is 263 g/mol. The number of methoxy groups -OCH3 is 1. The lowest BCUT2D eigenvalue weighted by Gasteiger charge is -2.29. The number of hydrogen-bond acceptors (Lipinski definition) is 3. The predicted octanol–water partition coefficient (Wildman–Crippen LogP) is 3.24. The van der Waals surface area contributed by atoms with Crippen molar-refractivity contribution in [2.24, 2.45) is 5.92 Å². The number of nitrogens with one attached hydrogen (secondary N) is 1. The van der Waals surface area contributed by atoms with Gasteiger partial charge in [-0.3, -0.25) is 0 Å². The summed E-state index contributed by atoms with van der Waals surface area (Å²) in [6, 6.07) is 8.43. The molecule has 106 valence electrons. The maximum absolute atomic E-state index is 5.83. The first kappa shape index (κ1) is 14.2. The molecule has 0 aromatic heterocycles. The Labute approximate surface area is 116 Å². The van der Waals surface area contributed by atoms with E-state index in [0.717, 1.165) is 37.0 Å². The van der Waals surface area contributed by atoms with Gasteiger partial charge in [0.2, 0.25) is 0 Å². The third-order valence-corrected chi connectivity index (χ3v) is 3.97. The van der Waals surface area contributed by atoms with Gasteiger partial charge in [-0.25, -0.2) is 0 Å². The SMILES string of the molecule is CCC1CCNC(CCOc2ccccc2OC)C1. The van der Waals surface area contributed by atoms with Crippen LogP contribution >= 0.6 is 0 Å². The van der Waals surface area contributed by atoms with Crippen molar-refractivity contribution in [3.63, 3.8) is 0 Å². The Bertz CT molecular complexity index is 381. The van der Waals surface area contributed by atoms with Gasteiger partial charge in [0.05, 0.1) is 13.7 Å². The highest BCUT2D eigenvalue weighted by Gasteiger charge is 2.19. The molecule has 2 unspecified atom stereocenters. The lowest BCUT2D eigenvalue weighted by atomic mass is 9.89. The van der Waals surface area contributed by atoms with Crippen LogP contribution in [0.4, 0.5) is 0 Å². The van der Waals surface area contributed by atoms with E-state index in [1.54, 1.807) is 7.11 Å². The number of piperidine rings is 1. The van der Waals surface area contributed by atoms with Gasteiger partial charge in [0.15, 0.2) is 11.5 Å². The minimum atomic E-state index is 0.605. The normalized spacial score (nSPS) is 23.1. The fourth-order valence-electron chi connectivity index (χ4n) is 2.74. The van der Waals surface area contributed by atoms with Crippen LogP contribution in [0.15, 0.2) is 24.3 Å². The van der Waals surface area contributed by atoms with Gasteiger partial charge in [-0.2, -0.15) is 0 Å². The van der Waals surface area contributed by atoms with Crippen LogP contribution in [0.1, 0.15) is 32.6 Å². The standard InChI is InChI=1S/C16H25NO2/c1-3-13-8-10-17-14(12-13)9-11-19-16-7-5-4-6-15(16)18-2/h4-7,13-14,17H,3,8-12H2,1-2H3. The lowest BCUT2D eigenvalue weighted by Crippen LogP contribution is -2.38. The minimum absolute atomic E-state index is 0.605. The highest BCUT2D eigenvalue weighted by Crippen LogP contribution is 2.26. The first-order valence-corrected chi connectivity index (χ1v) is 7.32. The molecule has 1 aromatic carbocycles. The van der Waals surface area contributed by atoms with Gasteiger partial charge < -0.3 is 14.8 Å². The van der Waals surface area contributed by atoms with Gasteiger partial charge in [0, 0.05) is 6.04 Å². The molecular weight excluding hydrogens is 238 g/mol. The molecule has 1 aromatic rings. The van der Waals surface area contributed by atoms with Crippen LogP contribution < -0.4 is 14.8 Å². The summed E-state index contributed by atoms with van der Waals surface area (Å²) in [7, 11) is 1.68. The van der Waals surface area contributed by atoms with Crippen molar-refractivity contribution in [2.45, 2.75) is 38.6 Å². The highest BCUT2D eigenvalue weighted by molar-refractivity contribution is 5.39. The Morgan fingerprint density at radius 2 is 2.05 bits per heavy atom. The number of rotatable bonds is 6. The van der Waals surface area contributed by atoms with E-state index in [4.69, 9.17) is 9.47 Å². The summed E-state index contributed by atoms with van der Waals surface area (Å²) in [4.78, 5) is 0. The second kappa shape index (κ2) is 7.39. The first-order chi connectivity index (χ1) is 9.33. The van der Waals surface area contributed by atoms with Gasteiger partial charge in [0.25, 0.3) is 0 Å². The largest absolute Gasteiger partial charge is 0.493 e. The van der Waals surface area contributed by atoms with E-state index in [-0.39, 0.29) is 0 Å². The van der Waals surface area contributed by atoms with Gasteiger partial charge in [-0.05, 0) is 43.9 Å². The first-order valence-electron chi connectivity index (χ1n) is 7.32. The van der Waals surface area contributed by atoms with E-state index in [9.17, 15) is 0 Å².